The summed E-state index contributed by atoms with van der Waals surface area (Å²) < 4.78 is 5.13. The minimum Gasteiger partial charge on any atom is -0.480 e. The van der Waals surface area contributed by atoms with Gasteiger partial charge in [0.2, 0.25) is 0 Å². The number of aliphatic carboxylic acids is 1. The highest BCUT2D eigenvalue weighted by Gasteiger charge is 2.36. The van der Waals surface area contributed by atoms with Gasteiger partial charge in [0.15, 0.2) is 0 Å². The van der Waals surface area contributed by atoms with Crippen LogP contribution in [0.25, 0.3) is 0 Å². The molecule has 0 saturated carbocycles. The molecule has 15 heavy (non-hydrogen) atoms. The number of amides is 1. The highest BCUT2D eigenvalue weighted by Crippen LogP contribution is 2.20. The van der Waals surface area contributed by atoms with Crippen molar-refractivity contribution in [1.29, 1.82) is 0 Å². The maximum atomic E-state index is 11.6. The molecule has 0 aliphatic carbocycles. The topological polar surface area (TPSA) is 66.8 Å². The lowest BCUT2D eigenvalue weighted by molar-refractivity contribution is -0.142. The maximum absolute atomic E-state index is 11.6. The van der Waals surface area contributed by atoms with Crippen molar-refractivity contribution < 1.29 is 19.4 Å². The second-order valence-electron chi connectivity index (χ2n) is 4.67. The molecule has 0 bridgehead atoms. The smallest absolute Gasteiger partial charge is 0.411 e. The predicted molar refractivity (Wildman–Crippen MR) is 53.6 cm³/mol. The summed E-state index contributed by atoms with van der Waals surface area (Å²) in [5, 5.41) is 8.88. The third-order valence-electron chi connectivity index (χ3n) is 2.17. The summed E-state index contributed by atoms with van der Waals surface area (Å²) in [6, 6.07) is -0.722. The Hall–Kier alpha value is -1.26. The summed E-state index contributed by atoms with van der Waals surface area (Å²) >= 11 is 0. The van der Waals surface area contributed by atoms with Crippen LogP contribution in [-0.2, 0) is 9.53 Å². The van der Waals surface area contributed by atoms with Crippen molar-refractivity contribution in [3.05, 3.63) is 0 Å². The number of ether oxygens (including phenoxy) is 1. The average molecular weight is 217 g/mol. The van der Waals surface area contributed by atoms with E-state index in [4.69, 9.17) is 9.84 Å². The number of rotatable bonds is 1. The van der Waals surface area contributed by atoms with Gasteiger partial charge in [0.25, 0.3) is 0 Å². The molecule has 1 N–H and O–H groups in total. The number of carboxylic acids is 1. The SMILES string of the molecule is CC(C)(C)O[14C](=O)N1CCC[C@H]1C(=O)O. The Labute approximate surface area is 89.0 Å². The molecule has 5 nitrogen and oxygen atoms in total. The number of likely N-dealkylation sites (tertiary alicyclic amines) is 1. The minimum atomic E-state index is -0.960. The average Bonchev–Trinajstić information content (AvgIpc) is 2.47. The molecule has 86 valence electrons. The minimum absolute atomic E-state index is 0.464. The van der Waals surface area contributed by atoms with E-state index in [0.717, 1.165) is 6.42 Å². The van der Waals surface area contributed by atoms with Crippen molar-refractivity contribution in [2.24, 2.45) is 0 Å². The van der Waals surface area contributed by atoms with Gasteiger partial charge in [-0.3, -0.25) is 4.90 Å². The fourth-order valence-corrected chi connectivity index (χ4v) is 1.56. The van der Waals surface area contributed by atoms with Gasteiger partial charge in [0.1, 0.15) is 11.6 Å². The third-order valence-corrected chi connectivity index (χ3v) is 2.17. The van der Waals surface area contributed by atoms with E-state index in [1.165, 1.54) is 4.90 Å². The molecule has 1 aliphatic rings. The van der Waals surface area contributed by atoms with E-state index < -0.39 is 23.7 Å². The van der Waals surface area contributed by atoms with Crippen LogP contribution in [0.15, 0.2) is 0 Å². The quantitative estimate of drug-likeness (QED) is 0.722. The van der Waals surface area contributed by atoms with Gasteiger partial charge in [-0.15, -0.1) is 0 Å². The molecule has 1 heterocycles. The molecular weight excluding hydrogens is 200 g/mol. The van der Waals surface area contributed by atoms with Crippen molar-refractivity contribution in [2.45, 2.75) is 45.3 Å². The van der Waals surface area contributed by atoms with Gasteiger partial charge in [-0.25, -0.2) is 9.59 Å². The molecule has 5 heteroatoms. The van der Waals surface area contributed by atoms with Crippen molar-refractivity contribution in [1.82, 2.24) is 4.90 Å². The molecule has 0 aromatic rings. The number of hydrogen-bond donors (Lipinski definition) is 1. The lowest BCUT2D eigenvalue weighted by Gasteiger charge is -2.26. The summed E-state index contributed by atoms with van der Waals surface area (Å²) in [5.41, 5.74) is -0.581. The van der Waals surface area contributed by atoms with Crippen LogP contribution >= 0.6 is 0 Å². The molecule has 0 radical (unpaired) electrons. The zero-order chi connectivity index (χ0) is 11.6. The first-order valence-corrected chi connectivity index (χ1v) is 5.04. The Morgan fingerprint density at radius 3 is 2.60 bits per heavy atom. The van der Waals surface area contributed by atoms with Gasteiger partial charge in [0, 0.05) is 6.54 Å². The summed E-state index contributed by atoms with van der Waals surface area (Å²) in [5.74, 6) is -0.960. The molecule has 0 aromatic carbocycles. The van der Waals surface area contributed by atoms with E-state index in [1.807, 2.05) is 0 Å². The molecular formula is C10H17NO4. The standard InChI is InChI=1S/C10H17NO4/c1-10(2,3)15-9(14)11-6-4-5-7(11)8(12)13/h7H,4-6H2,1-3H3,(H,12,13)/t7-/m0/s1/i9+2. The summed E-state index contributed by atoms with van der Waals surface area (Å²) in [4.78, 5) is 23.7. The Balaban J connectivity index is 2.63. The van der Waals surface area contributed by atoms with Crippen LogP contribution in [0, 0.1) is 0 Å². The first kappa shape index (κ1) is 11.8. The summed E-state index contributed by atoms with van der Waals surface area (Å²) in [6.07, 6.45) is 0.692. The highest BCUT2D eigenvalue weighted by molar-refractivity contribution is 5.80. The number of carbonyl (C=O) groups excluding carboxylic acids is 1. The van der Waals surface area contributed by atoms with Crippen LogP contribution < -0.4 is 0 Å². The van der Waals surface area contributed by atoms with Crippen molar-refractivity contribution in [2.75, 3.05) is 6.54 Å². The number of nitrogens with zero attached hydrogens (tertiary/aromatic N) is 1. The van der Waals surface area contributed by atoms with Crippen molar-refractivity contribution in [3.8, 4) is 0 Å². The lowest BCUT2D eigenvalue weighted by atomic mass is 10.2. The molecule has 1 rings (SSSR count). The van der Waals surface area contributed by atoms with Gasteiger partial charge in [-0.2, -0.15) is 0 Å². The number of hydrogen-bond acceptors (Lipinski definition) is 3. The molecule has 0 spiro atoms. The van der Waals surface area contributed by atoms with Gasteiger partial charge >= 0.3 is 12.1 Å². The largest absolute Gasteiger partial charge is 0.480 e. The highest BCUT2D eigenvalue weighted by atomic mass is 16.8. The van der Waals surface area contributed by atoms with Crippen LogP contribution in [-0.4, -0.2) is 40.3 Å². The second kappa shape index (κ2) is 4.08. The van der Waals surface area contributed by atoms with E-state index in [0.29, 0.717) is 13.0 Å². The lowest BCUT2D eigenvalue weighted by Crippen LogP contribution is -2.43. The van der Waals surface area contributed by atoms with Gasteiger partial charge in [-0.1, -0.05) is 0 Å². The van der Waals surface area contributed by atoms with Crippen LogP contribution in [0.3, 0.4) is 0 Å². The molecule has 1 atom stereocenters. The summed E-state index contributed by atoms with van der Waals surface area (Å²) in [6.45, 7) is 5.75. The van der Waals surface area contributed by atoms with E-state index in [-0.39, 0.29) is 0 Å². The van der Waals surface area contributed by atoms with Gasteiger partial charge in [0.05, 0.1) is 0 Å². The van der Waals surface area contributed by atoms with E-state index >= 15 is 0 Å². The fourth-order valence-electron chi connectivity index (χ4n) is 1.56. The van der Waals surface area contributed by atoms with E-state index in [1.54, 1.807) is 20.8 Å². The predicted octanol–water partition coefficient (Wildman–Crippen LogP) is 1.47. The Bertz CT molecular complexity index is 269. The van der Waals surface area contributed by atoms with Crippen molar-refractivity contribution in [3.63, 3.8) is 0 Å². The fraction of sp³-hybridized carbons (Fsp3) is 0.800. The zero-order valence-corrected chi connectivity index (χ0v) is 9.32. The molecule has 1 fully saturated rings. The monoisotopic (exact) mass is 217 g/mol. The Morgan fingerprint density at radius 2 is 2.13 bits per heavy atom. The molecule has 0 unspecified atom stereocenters. The molecule has 1 aliphatic heterocycles. The van der Waals surface area contributed by atoms with Crippen LogP contribution in [0.1, 0.15) is 33.6 Å². The molecule has 0 aromatic heterocycles. The number of carbonyl (C=O) groups is 2. The summed E-state index contributed by atoms with van der Waals surface area (Å²) in [7, 11) is 0. The second-order valence-corrected chi connectivity index (χ2v) is 4.67. The first-order chi connectivity index (χ1) is 6.81. The maximum Gasteiger partial charge on any atom is 0.411 e. The third kappa shape index (κ3) is 3.11. The first-order valence-electron chi connectivity index (χ1n) is 5.04. The van der Waals surface area contributed by atoms with E-state index in [2.05, 4.69) is 0 Å². The Morgan fingerprint density at radius 1 is 1.53 bits per heavy atom. The van der Waals surface area contributed by atoms with Crippen LogP contribution in [0.2, 0.25) is 0 Å². The Kier molecular flexibility index (Phi) is 3.21. The van der Waals surface area contributed by atoms with Gasteiger partial charge < -0.3 is 9.84 Å². The molecule has 1 saturated heterocycles. The van der Waals surface area contributed by atoms with Gasteiger partial charge in [-0.05, 0) is 33.6 Å². The van der Waals surface area contributed by atoms with Crippen LogP contribution in [0.5, 0.6) is 0 Å². The van der Waals surface area contributed by atoms with Crippen LogP contribution in [0.4, 0.5) is 4.79 Å². The normalized spacial score (nSPS) is 21.5. The zero-order valence-electron chi connectivity index (χ0n) is 9.32. The number of carboxylic acid groups (broad SMARTS) is 1. The van der Waals surface area contributed by atoms with E-state index in [9.17, 15) is 9.59 Å². The molecule has 1 amide bonds. The van der Waals surface area contributed by atoms with Crippen molar-refractivity contribution >= 4 is 12.1 Å².